The Morgan fingerprint density at radius 2 is 1.80 bits per heavy atom. The number of benzene rings is 1. The van der Waals surface area contributed by atoms with Gasteiger partial charge in [-0.05, 0) is 58.3 Å². The second-order valence-electron chi connectivity index (χ2n) is 7.82. The quantitative estimate of drug-likeness (QED) is 0.909. The molecule has 138 valence electrons. The highest BCUT2D eigenvalue weighted by Gasteiger charge is 2.33. The summed E-state index contributed by atoms with van der Waals surface area (Å²) in [4.78, 5) is 19.5. The lowest BCUT2D eigenvalue weighted by molar-refractivity contribution is 0.00305. The molecule has 0 saturated carbocycles. The van der Waals surface area contributed by atoms with E-state index in [9.17, 15) is 9.90 Å². The van der Waals surface area contributed by atoms with Crippen LogP contribution in [0.4, 0.5) is 5.69 Å². The Morgan fingerprint density at radius 3 is 2.52 bits per heavy atom. The van der Waals surface area contributed by atoms with Crippen molar-refractivity contribution in [3.8, 4) is 0 Å². The van der Waals surface area contributed by atoms with Crippen molar-refractivity contribution in [2.24, 2.45) is 0 Å². The smallest absolute Gasteiger partial charge is 0.255 e. The molecular formula is C20H31N3O2. The fourth-order valence-corrected chi connectivity index (χ4v) is 4.19. The lowest BCUT2D eigenvalue weighted by Gasteiger charge is -2.30. The number of carbonyl (C=O) groups is 1. The molecule has 1 amide bonds. The summed E-state index contributed by atoms with van der Waals surface area (Å²) >= 11 is 0. The molecule has 0 aromatic heterocycles. The molecule has 0 radical (unpaired) electrons. The number of likely N-dealkylation sites (N-methyl/N-ethyl adjacent to an activating group) is 1. The Kier molecular flexibility index (Phi) is 5.64. The summed E-state index contributed by atoms with van der Waals surface area (Å²) in [6.07, 6.45) is 4.64. The number of amides is 1. The van der Waals surface area contributed by atoms with Gasteiger partial charge in [-0.15, -0.1) is 0 Å². The van der Waals surface area contributed by atoms with Crippen LogP contribution in [0.25, 0.3) is 0 Å². The van der Waals surface area contributed by atoms with Crippen LogP contribution in [-0.2, 0) is 0 Å². The molecule has 2 aliphatic rings. The molecule has 1 atom stereocenters. The number of hydrogen-bond acceptors (Lipinski definition) is 4. The van der Waals surface area contributed by atoms with Crippen molar-refractivity contribution in [3.05, 3.63) is 29.8 Å². The van der Waals surface area contributed by atoms with Gasteiger partial charge >= 0.3 is 0 Å². The summed E-state index contributed by atoms with van der Waals surface area (Å²) in [7, 11) is 3.97. The topological polar surface area (TPSA) is 47.0 Å². The number of rotatable bonds is 4. The molecule has 2 saturated heterocycles. The summed E-state index contributed by atoms with van der Waals surface area (Å²) in [6.45, 7) is 4.07. The summed E-state index contributed by atoms with van der Waals surface area (Å²) in [5.41, 5.74) is 1.19. The molecule has 5 nitrogen and oxygen atoms in total. The predicted octanol–water partition coefficient (Wildman–Crippen LogP) is 2.21. The molecule has 0 bridgehead atoms. The Labute approximate surface area is 151 Å². The zero-order valence-electron chi connectivity index (χ0n) is 15.6. The van der Waals surface area contributed by atoms with E-state index >= 15 is 0 Å². The standard InChI is InChI=1S/C20H31N3O2/c1-21(2)16-20(25)10-7-14-23(15-11-20)19(24)17-8-3-4-9-18(17)22-12-5-6-13-22/h3-4,8-9,25H,5-7,10-16H2,1-2H3/t20-/m0/s1. The summed E-state index contributed by atoms with van der Waals surface area (Å²) in [5.74, 6) is 0.108. The monoisotopic (exact) mass is 345 g/mol. The highest BCUT2D eigenvalue weighted by molar-refractivity contribution is 5.99. The fourth-order valence-electron chi connectivity index (χ4n) is 4.19. The van der Waals surface area contributed by atoms with Crippen molar-refractivity contribution >= 4 is 11.6 Å². The van der Waals surface area contributed by atoms with Crippen LogP contribution in [0.15, 0.2) is 24.3 Å². The Hall–Kier alpha value is -1.59. The van der Waals surface area contributed by atoms with Crippen LogP contribution in [0, 0.1) is 0 Å². The van der Waals surface area contributed by atoms with Gasteiger partial charge in [-0.2, -0.15) is 0 Å². The van der Waals surface area contributed by atoms with Crippen LogP contribution in [0.5, 0.6) is 0 Å². The van der Waals surface area contributed by atoms with Crippen molar-refractivity contribution < 1.29 is 9.90 Å². The van der Waals surface area contributed by atoms with Crippen molar-refractivity contribution in [1.29, 1.82) is 0 Å². The first-order valence-electron chi connectivity index (χ1n) is 9.49. The van der Waals surface area contributed by atoms with E-state index in [0.717, 1.165) is 43.7 Å². The summed E-state index contributed by atoms with van der Waals surface area (Å²) in [6, 6.07) is 7.99. The van der Waals surface area contributed by atoms with E-state index in [0.29, 0.717) is 19.5 Å². The van der Waals surface area contributed by atoms with Crippen molar-refractivity contribution in [2.75, 3.05) is 51.7 Å². The minimum atomic E-state index is -0.687. The first-order chi connectivity index (χ1) is 12.0. The van der Waals surface area contributed by atoms with Gasteiger partial charge < -0.3 is 19.8 Å². The van der Waals surface area contributed by atoms with Gasteiger partial charge in [0, 0.05) is 38.4 Å². The molecule has 0 aliphatic carbocycles. The first kappa shape index (κ1) is 18.2. The van der Waals surface area contributed by atoms with Crippen LogP contribution in [-0.4, -0.2) is 73.2 Å². The van der Waals surface area contributed by atoms with E-state index in [1.807, 2.05) is 42.1 Å². The van der Waals surface area contributed by atoms with Gasteiger partial charge in [-0.25, -0.2) is 0 Å². The lowest BCUT2D eigenvalue weighted by Crippen LogP contribution is -2.41. The average molecular weight is 345 g/mol. The summed E-state index contributed by atoms with van der Waals surface area (Å²) < 4.78 is 0. The largest absolute Gasteiger partial charge is 0.388 e. The molecule has 5 heteroatoms. The predicted molar refractivity (Wildman–Crippen MR) is 101 cm³/mol. The zero-order valence-corrected chi connectivity index (χ0v) is 15.6. The number of para-hydroxylation sites is 1. The van der Waals surface area contributed by atoms with Crippen LogP contribution in [0.1, 0.15) is 42.5 Å². The Balaban J connectivity index is 1.73. The minimum absolute atomic E-state index is 0.108. The van der Waals surface area contributed by atoms with Gasteiger partial charge in [-0.3, -0.25) is 4.79 Å². The maximum Gasteiger partial charge on any atom is 0.255 e. The molecule has 1 aromatic rings. The van der Waals surface area contributed by atoms with Crippen molar-refractivity contribution in [3.63, 3.8) is 0 Å². The number of hydrogen-bond donors (Lipinski definition) is 1. The molecule has 2 aliphatic heterocycles. The van der Waals surface area contributed by atoms with Crippen molar-refractivity contribution in [2.45, 2.75) is 37.7 Å². The molecule has 2 fully saturated rings. The lowest BCUT2D eigenvalue weighted by atomic mass is 9.94. The van der Waals surface area contributed by atoms with Crippen LogP contribution in [0.2, 0.25) is 0 Å². The van der Waals surface area contributed by atoms with E-state index in [2.05, 4.69) is 11.0 Å². The SMILES string of the molecule is CN(C)C[C@]1(O)CCCN(C(=O)c2ccccc2N2CCCC2)CC1. The molecular weight excluding hydrogens is 314 g/mol. The van der Waals surface area contributed by atoms with Gasteiger partial charge in [-0.1, -0.05) is 12.1 Å². The first-order valence-corrected chi connectivity index (χ1v) is 9.49. The number of nitrogens with zero attached hydrogens (tertiary/aromatic N) is 3. The normalized spacial score (nSPS) is 24.6. The van der Waals surface area contributed by atoms with E-state index < -0.39 is 5.60 Å². The molecule has 3 rings (SSSR count). The number of carbonyl (C=O) groups excluding carboxylic acids is 1. The van der Waals surface area contributed by atoms with Gasteiger partial charge in [0.2, 0.25) is 0 Å². The highest BCUT2D eigenvalue weighted by atomic mass is 16.3. The maximum absolute atomic E-state index is 13.2. The van der Waals surface area contributed by atoms with E-state index in [1.165, 1.54) is 12.8 Å². The third-order valence-corrected chi connectivity index (χ3v) is 5.40. The number of aliphatic hydroxyl groups is 1. The van der Waals surface area contributed by atoms with Gasteiger partial charge in [0.25, 0.3) is 5.91 Å². The van der Waals surface area contributed by atoms with Gasteiger partial charge in [0.15, 0.2) is 0 Å². The molecule has 1 aromatic carbocycles. The molecule has 1 N–H and O–H groups in total. The van der Waals surface area contributed by atoms with E-state index in [4.69, 9.17) is 0 Å². The third kappa shape index (κ3) is 4.33. The Bertz CT molecular complexity index is 598. The highest BCUT2D eigenvalue weighted by Crippen LogP contribution is 2.28. The average Bonchev–Trinajstić information content (AvgIpc) is 3.04. The van der Waals surface area contributed by atoms with Crippen LogP contribution >= 0.6 is 0 Å². The minimum Gasteiger partial charge on any atom is -0.388 e. The molecule has 2 heterocycles. The van der Waals surface area contributed by atoms with Crippen LogP contribution in [0.3, 0.4) is 0 Å². The van der Waals surface area contributed by atoms with E-state index in [1.54, 1.807) is 0 Å². The molecule has 0 unspecified atom stereocenters. The third-order valence-electron chi connectivity index (χ3n) is 5.40. The van der Waals surface area contributed by atoms with Crippen molar-refractivity contribution in [1.82, 2.24) is 9.80 Å². The number of anilines is 1. The molecule has 0 spiro atoms. The second-order valence-corrected chi connectivity index (χ2v) is 7.82. The maximum atomic E-state index is 13.2. The van der Waals surface area contributed by atoms with Crippen LogP contribution < -0.4 is 4.90 Å². The molecule has 25 heavy (non-hydrogen) atoms. The van der Waals surface area contributed by atoms with Gasteiger partial charge in [0.05, 0.1) is 11.2 Å². The zero-order chi connectivity index (χ0) is 17.9. The fraction of sp³-hybridized carbons (Fsp3) is 0.650. The number of likely N-dealkylation sites (tertiary alicyclic amines) is 1. The Morgan fingerprint density at radius 1 is 1.08 bits per heavy atom. The van der Waals surface area contributed by atoms with Gasteiger partial charge in [0.1, 0.15) is 0 Å². The van der Waals surface area contributed by atoms with E-state index in [-0.39, 0.29) is 5.91 Å². The second kappa shape index (κ2) is 7.75. The summed E-state index contributed by atoms with van der Waals surface area (Å²) in [5, 5.41) is 10.8.